The first-order valence-corrected chi connectivity index (χ1v) is 7.19. The van der Waals surface area contributed by atoms with Gasteiger partial charge in [-0.15, -0.1) is 11.6 Å². The lowest BCUT2D eigenvalue weighted by molar-refractivity contribution is -0.115. The van der Waals surface area contributed by atoms with E-state index in [1.165, 1.54) is 0 Å². The Morgan fingerprint density at radius 1 is 1.25 bits per heavy atom. The number of anilines is 1. The van der Waals surface area contributed by atoms with Gasteiger partial charge >= 0.3 is 0 Å². The highest BCUT2D eigenvalue weighted by molar-refractivity contribution is 6.33. The van der Waals surface area contributed by atoms with Gasteiger partial charge in [0.05, 0.1) is 11.8 Å². The van der Waals surface area contributed by atoms with Crippen molar-refractivity contribution in [2.75, 3.05) is 5.32 Å². The second-order valence-corrected chi connectivity index (χ2v) is 5.88. The number of alkyl halides is 1. The van der Waals surface area contributed by atoms with Gasteiger partial charge in [0.25, 0.3) is 0 Å². The number of carbonyl (C=O) groups is 1. The highest BCUT2D eigenvalue weighted by Crippen LogP contribution is 2.38. The van der Waals surface area contributed by atoms with Crippen molar-refractivity contribution in [1.82, 2.24) is 0 Å². The van der Waals surface area contributed by atoms with E-state index in [2.05, 4.69) is 5.32 Å². The highest BCUT2D eigenvalue weighted by Gasteiger charge is 2.22. The Morgan fingerprint density at radius 2 is 2.05 bits per heavy atom. The van der Waals surface area contributed by atoms with Crippen LogP contribution in [0.2, 0.25) is 5.02 Å². The molecule has 0 bridgehead atoms. The van der Waals surface area contributed by atoms with Crippen LogP contribution in [-0.4, -0.2) is 5.91 Å². The second kappa shape index (κ2) is 5.12. The normalized spacial score (nSPS) is 14.8. The topological polar surface area (TPSA) is 29.1 Å². The molecule has 0 spiro atoms. The van der Waals surface area contributed by atoms with E-state index in [1.54, 1.807) is 6.07 Å². The van der Waals surface area contributed by atoms with E-state index in [9.17, 15) is 4.79 Å². The number of amides is 1. The molecule has 1 amide bonds. The summed E-state index contributed by atoms with van der Waals surface area (Å²) >= 11 is 12.9. The van der Waals surface area contributed by atoms with Crippen molar-refractivity contribution in [2.45, 2.75) is 18.7 Å². The molecule has 1 aliphatic heterocycles. The molecule has 2 aromatic carbocycles. The number of fused-ring (bicyclic) bond motifs is 1. The van der Waals surface area contributed by atoms with Crippen molar-refractivity contribution in [3.05, 3.63) is 63.7 Å². The quantitative estimate of drug-likeness (QED) is 0.815. The Balaban J connectivity index is 2.02. The number of nitrogens with one attached hydrogen (secondary N) is 1. The summed E-state index contributed by atoms with van der Waals surface area (Å²) in [5, 5.41) is 3.05. The van der Waals surface area contributed by atoms with Gasteiger partial charge in [-0.3, -0.25) is 4.79 Å². The van der Waals surface area contributed by atoms with Crippen LogP contribution in [0.15, 0.2) is 36.4 Å². The lowest BCUT2D eigenvalue weighted by Crippen LogP contribution is -2.03. The number of hydrogen-bond acceptors (Lipinski definition) is 1. The summed E-state index contributed by atoms with van der Waals surface area (Å²) in [7, 11) is 0. The molecule has 2 aromatic rings. The lowest BCUT2D eigenvalue weighted by Gasteiger charge is -2.14. The summed E-state index contributed by atoms with van der Waals surface area (Å²) in [5.74, 6) is -0.00473. The van der Waals surface area contributed by atoms with Crippen molar-refractivity contribution in [3.8, 4) is 0 Å². The Bertz CT molecular complexity index is 697. The summed E-state index contributed by atoms with van der Waals surface area (Å²) in [6.45, 7) is 2.03. The van der Waals surface area contributed by atoms with Crippen LogP contribution in [0.5, 0.6) is 0 Å². The predicted molar refractivity (Wildman–Crippen MR) is 82.7 cm³/mol. The molecule has 0 aliphatic carbocycles. The SMILES string of the molecule is Cc1cccc(C(Cl)c2cc3c(cc2Cl)NC(=O)C3)c1. The van der Waals surface area contributed by atoms with Crippen molar-refractivity contribution in [1.29, 1.82) is 0 Å². The molecule has 1 atom stereocenters. The zero-order chi connectivity index (χ0) is 14.3. The maximum atomic E-state index is 11.4. The maximum absolute atomic E-state index is 11.4. The first-order valence-electron chi connectivity index (χ1n) is 6.37. The Morgan fingerprint density at radius 3 is 2.80 bits per heavy atom. The maximum Gasteiger partial charge on any atom is 0.228 e. The van der Waals surface area contributed by atoms with Crippen molar-refractivity contribution in [2.24, 2.45) is 0 Å². The van der Waals surface area contributed by atoms with Gasteiger partial charge in [-0.2, -0.15) is 0 Å². The van der Waals surface area contributed by atoms with Gasteiger partial charge in [0, 0.05) is 10.7 Å². The summed E-state index contributed by atoms with van der Waals surface area (Å²) in [6.07, 6.45) is 0.386. The molecular weight excluding hydrogens is 293 g/mol. The van der Waals surface area contributed by atoms with E-state index < -0.39 is 0 Å². The monoisotopic (exact) mass is 305 g/mol. The highest BCUT2D eigenvalue weighted by atomic mass is 35.5. The van der Waals surface area contributed by atoms with Gasteiger partial charge in [0.1, 0.15) is 0 Å². The minimum absolute atomic E-state index is 0.00473. The minimum atomic E-state index is -0.316. The molecule has 0 aromatic heterocycles. The van der Waals surface area contributed by atoms with E-state index in [-0.39, 0.29) is 11.3 Å². The van der Waals surface area contributed by atoms with E-state index in [0.717, 1.165) is 27.9 Å². The van der Waals surface area contributed by atoms with E-state index in [4.69, 9.17) is 23.2 Å². The van der Waals surface area contributed by atoms with Crippen molar-refractivity contribution in [3.63, 3.8) is 0 Å². The standard InChI is InChI=1S/C16H13Cl2NO/c1-9-3-2-4-10(5-9)16(18)12-6-11-7-15(20)19-14(11)8-13(12)17/h2-6,8,16H,7H2,1H3,(H,19,20). The van der Waals surface area contributed by atoms with Crippen LogP contribution in [0, 0.1) is 6.92 Å². The molecule has 4 heteroatoms. The first-order chi connectivity index (χ1) is 9.54. The molecule has 102 valence electrons. The number of aryl methyl sites for hydroxylation is 1. The van der Waals surface area contributed by atoms with Gasteiger partial charge < -0.3 is 5.32 Å². The number of rotatable bonds is 2. The smallest absolute Gasteiger partial charge is 0.228 e. The van der Waals surface area contributed by atoms with Crippen LogP contribution in [0.4, 0.5) is 5.69 Å². The molecule has 0 saturated carbocycles. The zero-order valence-electron chi connectivity index (χ0n) is 10.9. The van der Waals surface area contributed by atoms with Gasteiger partial charge in [-0.05, 0) is 35.7 Å². The molecule has 1 heterocycles. The molecule has 0 saturated heterocycles. The average molecular weight is 306 g/mol. The third-order valence-electron chi connectivity index (χ3n) is 3.46. The van der Waals surface area contributed by atoms with E-state index in [0.29, 0.717) is 11.4 Å². The molecule has 20 heavy (non-hydrogen) atoms. The number of benzene rings is 2. The van der Waals surface area contributed by atoms with Crippen LogP contribution in [-0.2, 0) is 11.2 Å². The van der Waals surface area contributed by atoms with Crippen molar-refractivity contribution < 1.29 is 4.79 Å². The van der Waals surface area contributed by atoms with Gasteiger partial charge in [-0.1, -0.05) is 41.4 Å². The number of halogens is 2. The minimum Gasteiger partial charge on any atom is -0.325 e. The van der Waals surface area contributed by atoms with E-state index in [1.807, 2.05) is 37.3 Å². The lowest BCUT2D eigenvalue weighted by atomic mass is 10.00. The van der Waals surface area contributed by atoms with Gasteiger partial charge in [0.2, 0.25) is 5.91 Å². The van der Waals surface area contributed by atoms with Gasteiger partial charge in [0.15, 0.2) is 0 Å². The molecule has 1 aliphatic rings. The Labute approximate surface area is 127 Å². The first kappa shape index (κ1) is 13.5. The number of carbonyl (C=O) groups excluding carboxylic acids is 1. The molecular formula is C16H13Cl2NO. The molecule has 1 N–H and O–H groups in total. The largest absolute Gasteiger partial charge is 0.325 e. The second-order valence-electron chi connectivity index (χ2n) is 5.03. The van der Waals surface area contributed by atoms with Crippen LogP contribution >= 0.6 is 23.2 Å². The summed E-state index contributed by atoms with van der Waals surface area (Å²) in [4.78, 5) is 11.4. The third kappa shape index (κ3) is 2.41. The molecule has 0 fully saturated rings. The Kier molecular flexibility index (Phi) is 3.45. The third-order valence-corrected chi connectivity index (χ3v) is 4.27. The van der Waals surface area contributed by atoms with Gasteiger partial charge in [-0.25, -0.2) is 0 Å². The number of hydrogen-bond donors (Lipinski definition) is 1. The Hall–Kier alpha value is -1.51. The average Bonchev–Trinajstić information content (AvgIpc) is 2.76. The van der Waals surface area contributed by atoms with Crippen molar-refractivity contribution >= 4 is 34.8 Å². The van der Waals surface area contributed by atoms with Crippen LogP contribution in [0.25, 0.3) is 0 Å². The zero-order valence-corrected chi connectivity index (χ0v) is 12.4. The molecule has 0 radical (unpaired) electrons. The fourth-order valence-electron chi connectivity index (χ4n) is 2.47. The molecule has 3 rings (SSSR count). The van der Waals surface area contributed by atoms with Crippen LogP contribution in [0.3, 0.4) is 0 Å². The van der Waals surface area contributed by atoms with E-state index >= 15 is 0 Å². The summed E-state index contributed by atoms with van der Waals surface area (Å²) < 4.78 is 0. The summed E-state index contributed by atoms with van der Waals surface area (Å²) in [6, 6.07) is 11.7. The predicted octanol–water partition coefficient (Wildman–Crippen LogP) is 4.47. The molecule has 2 nitrogen and oxygen atoms in total. The molecule has 1 unspecified atom stereocenters. The summed E-state index contributed by atoms with van der Waals surface area (Å²) in [5.41, 5.74) is 4.74. The van der Waals surface area contributed by atoms with Crippen LogP contribution < -0.4 is 5.32 Å². The fourth-order valence-corrected chi connectivity index (χ4v) is 3.11. The van der Waals surface area contributed by atoms with Crippen LogP contribution in [0.1, 0.15) is 27.6 Å². The fraction of sp³-hybridized carbons (Fsp3) is 0.188.